The Morgan fingerprint density at radius 3 is 3.07 bits per heavy atom. The third-order valence-electron chi connectivity index (χ3n) is 2.00. The first-order valence-corrected chi connectivity index (χ1v) is 4.67. The van der Waals surface area contributed by atoms with Gasteiger partial charge in [-0.3, -0.25) is 0 Å². The molecule has 0 aliphatic rings. The van der Waals surface area contributed by atoms with Crippen molar-refractivity contribution in [3.05, 3.63) is 35.4 Å². The highest BCUT2D eigenvalue weighted by Gasteiger charge is 2.08. The van der Waals surface area contributed by atoms with E-state index >= 15 is 0 Å². The number of hydrogen-bond acceptors (Lipinski definition) is 2. The fourth-order valence-corrected chi connectivity index (χ4v) is 1.70. The summed E-state index contributed by atoms with van der Waals surface area (Å²) in [4.78, 5) is 11.1. The average Bonchev–Trinajstić information content (AvgIpc) is 2.49. The normalized spacial score (nSPS) is 10.7. The van der Waals surface area contributed by atoms with Gasteiger partial charge >= 0.3 is 0 Å². The van der Waals surface area contributed by atoms with E-state index in [1.807, 2.05) is 13.1 Å². The van der Waals surface area contributed by atoms with Crippen LogP contribution < -0.4 is 0 Å². The van der Waals surface area contributed by atoms with Crippen LogP contribution in [0.5, 0.6) is 0 Å². The molecule has 1 N–H and O–H groups in total. The molecule has 3 nitrogen and oxygen atoms in total. The van der Waals surface area contributed by atoms with E-state index in [0.717, 1.165) is 28.6 Å². The van der Waals surface area contributed by atoms with Gasteiger partial charge in [0.25, 0.3) is 0 Å². The fourth-order valence-electron chi connectivity index (χ4n) is 1.45. The fraction of sp³-hybridized carbons (Fsp3) is 0.200. The largest absolute Gasteiger partial charge is 0.346 e. The molecule has 0 spiro atoms. The first-order chi connectivity index (χ1) is 6.68. The van der Waals surface area contributed by atoms with E-state index in [0.29, 0.717) is 5.15 Å². The third-order valence-corrected chi connectivity index (χ3v) is 2.28. The van der Waals surface area contributed by atoms with Gasteiger partial charge < -0.3 is 4.98 Å². The number of H-pyrrole nitrogens is 1. The summed E-state index contributed by atoms with van der Waals surface area (Å²) >= 11 is 5.99. The topological polar surface area (TPSA) is 41.6 Å². The molecule has 0 aliphatic carbocycles. The van der Waals surface area contributed by atoms with Crippen LogP contribution in [0.25, 0.3) is 11.0 Å². The maximum absolute atomic E-state index is 5.99. The van der Waals surface area contributed by atoms with Crippen LogP contribution >= 0.6 is 11.6 Å². The molecule has 0 amide bonds. The van der Waals surface area contributed by atoms with Crippen LogP contribution in [0.3, 0.4) is 0 Å². The molecule has 0 saturated carbocycles. The lowest BCUT2D eigenvalue weighted by molar-refractivity contribution is 1.16. The number of hydrogen-bond donors (Lipinski definition) is 1. The standard InChI is InChI=1S/C10H10ClN3/c1-6(2)3-7-4-12-10-8(7)9(11)13-5-14-10/h4-5H,1,3H2,2H3,(H,12,13,14). The lowest BCUT2D eigenvalue weighted by Gasteiger charge is -1.98. The number of fused-ring (bicyclic) bond motifs is 1. The molecule has 0 aromatic carbocycles. The van der Waals surface area contributed by atoms with Gasteiger partial charge in [-0.15, -0.1) is 0 Å². The first kappa shape index (κ1) is 9.21. The van der Waals surface area contributed by atoms with Crippen molar-refractivity contribution in [2.75, 3.05) is 0 Å². The van der Waals surface area contributed by atoms with Gasteiger partial charge in [-0.2, -0.15) is 0 Å². The molecular weight excluding hydrogens is 198 g/mol. The molecule has 0 saturated heterocycles. The van der Waals surface area contributed by atoms with Crippen molar-refractivity contribution in [2.45, 2.75) is 13.3 Å². The van der Waals surface area contributed by atoms with Gasteiger partial charge in [-0.25, -0.2) is 9.97 Å². The summed E-state index contributed by atoms with van der Waals surface area (Å²) in [5.41, 5.74) is 2.96. The molecule has 4 heteroatoms. The van der Waals surface area contributed by atoms with E-state index < -0.39 is 0 Å². The average molecular weight is 208 g/mol. The van der Waals surface area contributed by atoms with E-state index in [2.05, 4.69) is 21.5 Å². The molecule has 0 bridgehead atoms. The Morgan fingerprint density at radius 2 is 2.36 bits per heavy atom. The third kappa shape index (κ3) is 1.51. The van der Waals surface area contributed by atoms with Gasteiger partial charge in [0.2, 0.25) is 0 Å². The lowest BCUT2D eigenvalue weighted by atomic mass is 10.1. The highest BCUT2D eigenvalue weighted by Crippen LogP contribution is 2.24. The Morgan fingerprint density at radius 1 is 1.57 bits per heavy atom. The number of rotatable bonds is 2. The Balaban J connectivity index is 2.61. The quantitative estimate of drug-likeness (QED) is 0.608. The molecular formula is C10H10ClN3. The van der Waals surface area contributed by atoms with Crippen molar-refractivity contribution >= 4 is 22.6 Å². The van der Waals surface area contributed by atoms with E-state index in [4.69, 9.17) is 11.6 Å². The summed E-state index contributed by atoms with van der Waals surface area (Å²) < 4.78 is 0. The summed E-state index contributed by atoms with van der Waals surface area (Å²) in [6, 6.07) is 0. The SMILES string of the molecule is C=C(C)Cc1c[nH]c2ncnc(Cl)c12. The highest BCUT2D eigenvalue weighted by molar-refractivity contribution is 6.34. The number of halogens is 1. The predicted molar refractivity (Wildman–Crippen MR) is 57.4 cm³/mol. The van der Waals surface area contributed by atoms with Crippen molar-refractivity contribution in [2.24, 2.45) is 0 Å². The molecule has 0 radical (unpaired) electrons. The summed E-state index contributed by atoms with van der Waals surface area (Å²) in [7, 11) is 0. The van der Waals surface area contributed by atoms with Crippen LogP contribution in [0.15, 0.2) is 24.7 Å². The number of allylic oxidation sites excluding steroid dienone is 1. The van der Waals surface area contributed by atoms with Crippen LogP contribution in [0, 0.1) is 0 Å². The van der Waals surface area contributed by atoms with Crippen molar-refractivity contribution in [3.8, 4) is 0 Å². The molecule has 0 atom stereocenters. The van der Waals surface area contributed by atoms with E-state index in [1.54, 1.807) is 0 Å². The molecule has 2 heterocycles. The van der Waals surface area contributed by atoms with Crippen molar-refractivity contribution in [1.82, 2.24) is 15.0 Å². The number of aromatic amines is 1. The Labute approximate surface area is 86.8 Å². The van der Waals surface area contributed by atoms with Gasteiger partial charge in [0, 0.05) is 6.20 Å². The van der Waals surface area contributed by atoms with Crippen LogP contribution in [0.2, 0.25) is 5.15 Å². The second-order valence-corrected chi connectivity index (χ2v) is 3.69. The Hall–Kier alpha value is -1.35. The zero-order valence-electron chi connectivity index (χ0n) is 7.84. The molecule has 2 rings (SSSR count). The zero-order chi connectivity index (χ0) is 10.1. The van der Waals surface area contributed by atoms with Crippen LogP contribution in [0.4, 0.5) is 0 Å². The Bertz CT molecular complexity index is 487. The summed E-state index contributed by atoms with van der Waals surface area (Å²) in [6.45, 7) is 5.85. The van der Waals surface area contributed by atoms with Gasteiger partial charge in [-0.1, -0.05) is 23.8 Å². The second kappa shape index (κ2) is 3.42. The lowest BCUT2D eigenvalue weighted by Crippen LogP contribution is -1.86. The van der Waals surface area contributed by atoms with Crippen LogP contribution in [0.1, 0.15) is 12.5 Å². The van der Waals surface area contributed by atoms with E-state index in [1.165, 1.54) is 6.33 Å². The first-order valence-electron chi connectivity index (χ1n) is 4.29. The molecule has 0 fully saturated rings. The van der Waals surface area contributed by atoms with Crippen molar-refractivity contribution in [1.29, 1.82) is 0 Å². The van der Waals surface area contributed by atoms with E-state index in [-0.39, 0.29) is 0 Å². The summed E-state index contributed by atoms with van der Waals surface area (Å²) in [5, 5.41) is 1.39. The predicted octanol–water partition coefficient (Wildman–Crippen LogP) is 2.73. The number of nitrogens with one attached hydrogen (secondary N) is 1. The zero-order valence-corrected chi connectivity index (χ0v) is 8.60. The van der Waals surface area contributed by atoms with Crippen LogP contribution in [-0.2, 0) is 6.42 Å². The maximum atomic E-state index is 5.99. The Kier molecular flexibility index (Phi) is 2.25. The van der Waals surface area contributed by atoms with Crippen molar-refractivity contribution < 1.29 is 0 Å². The number of aromatic nitrogens is 3. The molecule has 2 aromatic heterocycles. The van der Waals surface area contributed by atoms with Gasteiger partial charge in [0.05, 0.1) is 5.39 Å². The van der Waals surface area contributed by atoms with Gasteiger partial charge in [-0.05, 0) is 18.9 Å². The molecule has 14 heavy (non-hydrogen) atoms. The smallest absolute Gasteiger partial charge is 0.142 e. The van der Waals surface area contributed by atoms with Gasteiger partial charge in [0.15, 0.2) is 0 Å². The maximum Gasteiger partial charge on any atom is 0.142 e. The summed E-state index contributed by atoms with van der Waals surface area (Å²) in [6.07, 6.45) is 4.15. The minimum Gasteiger partial charge on any atom is -0.346 e. The van der Waals surface area contributed by atoms with Gasteiger partial charge in [0.1, 0.15) is 17.1 Å². The minimum atomic E-state index is 0.493. The number of nitrogens with zero attached hydrogens (tertiary/aromatic N) is 2. The highest BCUT2D eigenvalue weighted by atomic mass is 35.5. The molecule has 72 valence electrons. The monoisotopic (exact) mass is 207 g/mol. The molecule has 0 aliphatic heterocycles. The molecule has 0 unspecified atom stereocenters. The second-order valence-electron chi connectivity index (χ2n) is 3.34. The van der Waals surface area contributed by atoms with E-state index in [9.17, 15) is 0 Å². The summed E-state index contributed by atoms with van der Waals surface area (Å²) in [5.74, 6) is 0. The minimum absolute atomic E-state index is 0.493. The van der Waals surface area contributed by atoms with Crippen LogP contribution in [-0.4, -0.2) is 15.0 Å². The van der Waals surface area contributed by atoms with Crippen molar-refractivity contribution in [3.63, 3.8) is 0 Å². The molecule has 2 aromatic rings.